The van der Waals surface area contributed by atoms with Gasteiger partial charge >= 0.3 is 0 Å². The molecule has 2 aromatic rings. The molecule has 108 valence electrons. The first kappa shape index (κ1) is 14.6. The van der Waals surface area contributed by atoms with Crippen LogP contribution in [0, 0.1) is 18.7 Å². The average molecular weight is 275 g/mol. The predicted molar refractivity (Wildman–Crippen MR) is 80.5 cm³/mol. The summed E-state index contributed by atoms with van der Waals surface area (Å²) in [6.45, 7) is 9.08. The molecule has 1 aromatic heterocycles. The molecule has 0 spiro atoms. The monoisotopic (exact) mass is 275 g/mol. The molecule has 1 atom stereocenters. The first-order valence-corrected chi connectivity index (χ1v) is 7.02. The van der Waals surface area contributed by atoms with Gasteiger partial charge in [-0.3, -0.25) is 0 Å². The second-order valence-corrected chi connectivity index (χ2v) is 5.59. The van der Waals surface area contributed by atoms with Crippen molar-refractivity contribution in [3.05, 3.63) is 47.5 Å². The van der Waals surface area contributed by atoms with Crippen LogP contribution in [0.25, 0.3) is 0 Å². The summed E-state index contributed by atoms with van der Waals surface area (Å²) in [7, 11) is 0. The van der Waals surface area contributed by atoms with Crippen LogP contribution in [0.15, 0.2) is 30.5 Å². The molecule has 4 heteroatoms. The number of halogens is 1. The van der Waals surface area contributed by atoms with Gasteiger partial charge in [-0.25, -0.2) is 9.37 Å². The summed E-state index contributed by atoms with van der Waals surface area (Å²) in [5, 5.41) is 3.33. The molecule has 3 nitrogen and oxygen atoms in total. The molecular weight excluding hydrogens is 253 g/mol. The van der Waals surface area contributed by atoms with Crippen LogP contribution in [0.2, 0.25) is 0 Å². The first-order chi connectivity index (χ1) is 9.49. The minimum atomic E-state index is -0.179. The van der Waals surface area contributed by atoms with Gasteiger partial charge in [0, 0.05) is 18.3 Å². The lowest BCUT2D eigenvalue weighted by Gasteiger charge is -2.18. The van der Waals surface area contributed by atoms with Crippen molar-refractivity contribution in [2.75, 3.05) is 11.9 Å². The molecule has 1 heterocycles. The van der Waals surface area contributed by atoms with E-state index in [1.807, 2.05) is 36.7 Å². The van der Waals surface area contributed by atoms with Gasteiger partial charge in [-0.05, 0) is 25.8 Å². The summed E-state index contributed by atoms with van der Waals surface area (Å²) in [6, 6.07) is 6.80. The Bertz CT molecular complexity index is 575. The highest BCUT2D eigenvalue weighted by atomic mass is 19.1. The minimum absolute atomic E-state index is 0.0907. The van der Waals surface area contributed by atoms with E-state index in [-0.39, 0.29) is 11.9 Å². The maximum atomic E-state index is 13.9. The second-order valence-electron chi connectivity index (χ2n) is 5.59. The Labute approximate surface area is 119 Å². The molecule has 0 radical (unpaired) electrons. The van der Waals surface area contributed by atoms with Gasteiger partial charge in [0.25, 0.3) is 0 Å². The molecule has 0 aliphatic rings. The van der Waals surface area contributed by atoms with Gasteiger partial charge < -0.3 is 9.88 Å². The summed E-state index contributed by atoms with van der Waals surface area (Å²) >= 11 is 0. The molecule has 0 saturated heterocycles. The lowest BCUT2D eigenvalue weighted by Crippen LogP contribution is -2.15. The van der Waals surface area contributed by atoms with Crippen LogP contribution in [-0.2, 0) is 0 Å². The van der Waals surface area contributed by atoms with Gasteiger partial charge in [0.15, 0.2) is 0 Å². The molecule has 0 amide bonds. The van der Waals surface area contributed by atoms with Gasteiger partial charge in [0.1, 0.15) is 5.82 Å². The van der Waals surface area contributed by atoms with E-state index in [0.717, 1.165) is 18.2 Å². The topological polar surface area (TPSA) is 29.9 Å². The van der Waals surface area contributed by atoms with E-state index in [1.165, 1.54) is 6.07 Å². The molecule has 20 heavy (non-hydrogen) atoms. The Morgan fingerprint density at radius 3 is 2.60 bits per heavy atom. The average Bonchev–Trinajstić information content (AvgIpc) is 2.77. The number of hydrogen-bond acceptors (Lipinski definition) is 2. The number of anilines is 1. The molecule has 0 aliphatic carbocycles. The highest BCUT2D eigenvalue weighted by Gasteiger charge is 2.16. The van der Waals surface area contributed by atoms with Crippen LogP contribution in [0.5, 0.6) is 0 Å². The third-order valence-electron chi connectivity index (χ3n) is 3.29. The van der Waals surface area contributed by atoms with Gasteiger partial charge in [0.2, 0.25) is 5.95 Å². The molecule has 0 aliphatic heterocycles. The fourth-order valence-electron chi connectivity index (χ4n) is 2.20. The van der Waals surface area contributed by atoms with Crippen molar-refractivity contribution in [1.29, 1.82) is 0 Å². The van der Waals surface area contributed by atoms with Crippen molar-refractivity contribution in [2.45, 2.75) is 33.7 Å². The van der Waals surface area contributed by atoms with Gasteiger partial charge in [-0.15, -0.1) is 0 Å². The van der Waals surface area contributed by atoms with E-state index in [4.69, 9.17) is 0 Å². The summed E-state index contributed by atoms with van der Waals surface area (Å²) in [6.07, 6.45) is 1.96. The molecule has 0 saturated carbocycles. The zero-order valence-corrected chi connectivity index (χ0v) is 12.5. The fourth-order valence-corrected chi connectivity index (χ4v) is 2.20. The molecule has 1 unspecified atom stereocenters. The van der Waals surface area contributed by atoms with Crippen LogP contribution in [0.3, 0.4) is 0 Å². The summed E-state index contributed by atoms with van der Waals surface area (Å²) in [5.41, 5.74) is 1.61. The Morgan fingerprint density at radius 2 is 1.95 bits per heavy atom. The van der Waals surface area contributed by atoms with E-state index in [9.17, 15) is 4.39 Å². The van der Waals surface area contributed by atoms with Crippen molar-refractivity contribution in [3.63, 3.8) is 0 Å². The third-order valence-corrected chi connectivity index (χ3v) is 3.29. The van der Waals surface area contributed by atoms with E-state index in [0.29, 0.717) is 11.5 Å². The van der Waals surface area contributed by atoms with Crippen LogP contribution in [0.4, 0.5) is 10.3 Å². The normalized spacial score (nSPS) is 12.7. The van der Waals surface area contributed by atoms with Gasteiger partial charge in [-0.2, -0.15) is 0 Å². The number of benzene rings is 1. The Balaban J connectivity index is 2.30. The number of nitrogens with zero attached hydrogens (tertiary/aromatic N) is 2. The lowest BCUT2D eigenvalue weighted by molar-refractivity contribution is 0.557. The first-order valence-electron chi connectivity index (χ1n) is 7.02. The number of nitrogens with one attached hydrogen (secondary N) is 1. The van der Waals surface area contributed by atoms with Crippen molar-refractivity contribution in [2.24, 2.45) is 5.92 Å². The van der Waals surface area contributed by atoms with Gasteiger partial charge in [0.05, 0.1) is 11.7 Å². The van der Waals surface area contributed by atoms with Crippen LogP contribution >= 0.6 is 0 Å². The van der Waals surface area contributed by atoms with E-state index in [1.54, 1.807) is 6.07 Å². The van der Waals surface area contributed by atoms with E-state index >= 15 is 0 Å². The van der Waals surface area contributed by atoms with Crippen LogP contribution in [-0.4, -0.2) is 16.1 Å². The largest absolute Gasteiger partial charge is 0.355 e. The number of imidazole rings is 1. The summed E-state index contributed by atoms with van der Waals surface area (Å²) in [4.78, 5) is 4.49. The second kappa shape index (κ2) is 6.07. The number of hydrogen-bond donors (Lipinski definition) is 1. The molecule has 0 fully saturated rings. The maximum absolute atomic E-state index is 13.9. The highest BCUT2D eigenvalue weighted by molar-refractivity contribution is 5.33. The quantitative estimate of drug-likeness (QED) is 0.893. The summed E-state index contributed by atoms with van der Waals surface area (Å²) < 4.78 is 15.9. The maximum Gasteiger partial charge on any atom is 0.203 e. The molecule has 1 aromatic carbocycles. The van der Waals surface area contributed by atoms with E-state index in [2.05, 4.69) is 24.1 Å². The molecule has 2 rings (SSSR count). The Kier molecular flexibility index (Phi) is 4.42. The van der Waals surface area contributed by atoms with E-state index < -0.39 is 0 Å². The number of aromatic nitrogens is 2. The Morgan fingerprint density at radius 1 is 1.25 bits per heavy atom. The molecule has 1 N–H and O–H groups in total. The van der Waals surface area contributed by atoms with Crippen molar-refractivity contribution in [3.8, 4) is 0 Å². The lowest BCUT2D eigenvalue weighted by atomic mass is 10.1. The minimum Gasteiger partial charge on any atom is -0.355 e. The van der Waals surface area contributed by atoms with Gasteiger partial charge in [-0.1, -0.05) is 32.0 Å². The SMILES string of the molecule is Cc1cn(C(C)c2ccccc2F)c(NCC(C)C)n1. The summed E-state index contributed by atoms with van der Waals surface area (Å²) in [5.74, 6) is 1.15. The standard InChI is InChI=1S/C16H22FN3/c1-11(2)9-18-16-19-12(3)10-20(16)13(4)14-7-5-6-8-15(14)17/h5-8,10-11,13H,9H2,1-4H3,(H,18,19). The van der Waals surface area contributed by atoms with Crippen LogP contribution in [0.1, 0.15) is 38.1 Å². The molecule has 0 bridgehead atoms. The fraction of sp³-hybridized carbons (Fsp3) is 0.438. The van der Waals surface area contributed by atoms with Crippen LogP contribution < -0.4 is 5.32 Å². The van der Waals surface area contributed by atoms with Crippen molar-refractivity contribution < 1.29 is 4.39 Å². The zero-order valence-electron chi connectivity index (χ0n) is 12.5. The predicted octanol–water partition coefficient (Wildman–Crippen LogP) is 4.01. The zero-order chi connectivity index (χ0) is 14.7. The number of rotatable bonds is 5. The smallest absolute Gasteiger partial charge is 0.203 e. The highest BCUT2D eigenvalue weighted by Crippen LogP contribution is 2.25. The van der Waals surface area contributed by atoms with Crippen molar-refractivity contribution >= 4 is 5.95 Å². The Hall–Kier alpha value is -1.84. The molecular formula is C16H22FN3. The number of aryl methyl sites for hydroxylation is 1. The van der Waals surface area contributed by atoms with Crippen molar-refractivity contribution in [1.82, 2.24) is 9.55 Å². The third kappa shape index (κ3) is 3.18.